The monoisotopic (exact) mass is 666 g/mol. The summed E-state index contributed by atoms with van der Waals surface area (Å²) in [5.41, 5.74) is 7.94. The van der Waals surface area contributed by atoms with Crippen molar-refractivity contribution in [2.45, 2.75) is 5.92 Å². The summed E-state index contributed by atoms with van der Waals surface area (Å²) in [7, 11) is 0. The van der Waals surface area contributed by atoms with E-state index in [-0.39, 0.29) is 27.0 Å². The molecule has 0 radical (unpaired) electrons. The molecule has 1 atom stereocenters. The predicted octanol–water partition coefficient (Wildman–Crippen LogP) is 8.09. The van der Waals surface area contributed by atoms with Gasteiger partial charge in [-0.2, -0.15) is 29.8 Å². The van der Waals surface area contributed by atoms with Crippen LogP contribution < -0.4 is 4.74 Å². The molecule has 0 amide bonds. The number of fused-ring (bicyclic) bond motifs is 9. The first kappa shape index (κ1) is 23.0. The van der Waals surface area contributed by atoms with Crippen LogP contribution in [0.15, 0.2) is 109 Å². The first-order valence-corrected chi connectivity index (χ1v) is 12.4. The van der Waals surface area contributed by atoms with Gasteiger partial charge in [0.05, 0.1) is 0 Å². The summed E-state index contributed by atoms with van der Waals surface area (Å²) in [6.45, 7) is 0. The molecule has 6 aromatic rings. The largest absolute Gasteiger partial charge is 0.504 e. The van der Waals surface area contributed by atoms with Gasteiger partial charge in [-0.15, -0.1) is 29.7 Å². The van der Waals surface area contributed by atoms with Gasteiger partial charge in [0.25, 0.3) is 0 Å². The predicted molar refractivity (Wildman–Crippen MR) is 147 cm³/mol. The van der Waals surface area contributed by atoms with E-state index in [2.05, 4.69) is 94.5 Å². The van der Waals surface area contributed by atoms with Gasteiger partial charge in [0.1, 0.15) is 5.82 Å². The topological polar surface area (TPSA) is 27.1 Å². The number of aromatic nitrogens is 2. The normalized spacial score (nSPS) is 14.9. The Morgan fingerprint density at radius 3 is 2.47 bits per heavy atom. The van der Waals surface area contributed by atoms with Crippen LogP contribution in [0.3, 0.4) is 0 Å². The van der Waals surface area contributed by atoms with Gasteiger partial charge in [0.2, 0.25) is 0 Å². The van der Waals surface area contributed by atoms with Gasteiger partial charge in [-0.1, -0.05) is 71.1 Å². The zero-order chi connectivity index (χ0) is 24.3. The van der Waals surface area contributed by atoms with Gasteiger partial charge < -0.3 is 9.30 Å². The van der Waals surface area contributed by atoms with E-state index in [0.29, 0.717) is 11.5 Å². The van der Waals surface area contributed by atoms with Crippen LogP contribution in [0, 0.1) is 18.2 Å². The van der Waals surface area contributed by atoms with E-state index < -0.39 is 0 Å². The first-order valence-electron chi connectivity index (χ1n) is 12.4. The minimum absolute atomic E-state index is 0. The molecule has 0 bridgehead atoms. The molecule has 2 aliphatic rings. The van der Waals surface area contributed by atoms with Gasteiger partial charge in [-0.25, -0.2) is 22.2 Å². The van der Waals surface area contributed by atoms with Crippen molar-refractivity contribution in [1.82, 2.24) is 9.55 Å². The number of rotatable bonds is 3. The molecule has 184 valence electrons. The van der Waals surface area contributed by atoms with Crippen molar-refractivity contribution in [3.05, 3.63) is 139 Å². The molecule has 0 aliphatic heterocycles. The molecule has 38 heavy (non-hydrogen) atoms. The number of hydrogen-bond donors (Lipinski definition) is 0. The van der Waals surface area contributed by atoms with Gasteiger partial charge in [-0.3, -0.25) is 0 Å². The maximum Gasteiger partial charge on any atom is 0.135 e. The van der Waals surface area contributed by atoms with Crippen LogP contribution in [-0.4, -0.2) is 9.55 Å². The van der Waals surface area contributed by atoms with E-state index in [1.54, 1.807) is 0 Å². The number of allylic oxidation sites excluding steroid dienone is 4. The van der Waals surface area contributed by atoms with Crippen molar-refractivity contribution in [1.29, 1.82) is 0 Å². The summed E-state index contributed by atoms with van der Waals surface area (Å²) in [5, 5.41) is 2.27. The van der Waals surface area contributed by atoms with Crippen molar-refractivity contribution in [2.24, 2.45) is 0 Å². The SMILES string of the molecule is [C-]1=C2c3[c-]c(Oc4[c-]c5c(cc4)c4ccccc4n5-c4ccccn4)ccc3-c3ccccc3C2C=C1.[Pt]. The molecule has 0 fully saturated rings. The average molecular weight is 667 g/mol. The molecule has 2 aromatic heterocycles. The zero-order valence-electron chi connectivity index (χ0n) is 20.1. The maximum atomic E-state index is 6.37. The first-order chi connectivity index (χ1) is 18.3. The smallest absolute Gasteiger partial charge is 0.135 e. The Hall–Kier alpha value is -4.20. The molecule has 4 heteroatoms. The Kier molecular flexibility index (Phi) is 5.42. The third-order valence-corrected chi connectivity index (χ3v) is 7.27. The van der Waals surface area contributed by atoms with Crippen LogP contribution in [0.4, 0.5) is 0 Å². The second-order valence-electron chi connectivity index (χ2n) is 9.32. The van der Waals surface area contributed by atoms with Crippen LogP contribution in [0.1, 0.15) is 17.0 Å². The van der Waals surface area contributed by atoms with Gasteiger partial charge in [0, 0.05) is 44.3 Å². The molecule has 1 unspecified atom stereocenters. The summed E-state index contributed by atoms with van der Waals surface area (Å²) in [5.74, 6) is 2.36. The van der Waals surface area contributed by atoms with Crippen LogP contribution in [-0.2, 0) is 21.1 Å². The van der Waals surface area contributed by atoms with E-state index >= 15 is 0 Å². The molecule has 0 spiro atoms. The fourth-order valence-electron chi connectivity index (χ4n) is 5.67. The van der Waals surface area contributed by atoms with Gasteiger partial charge in [-0.05, 0) is 23.6 Å². The van der Waals surface area contributed by atoms with Crippen molar-refractivity contribution in [3.63, 3.8) is 0 Å². The second-order valence-corrected chi connectivity index (χ2v) is 9.32. The summed E-state index contributed by atoms with van der Waals surface area (Å²) in [6, 6.07) is 38.2. The standard InChI is InChI=1S/C34H19N2O.Pt/c1-2-9-25-24(8-1)26-11-7-12-27(26)31-20-22(15-17-28(25)31)37-23-16-18-30-29-10-3-4-13-32(29)36(33(30)21-23)34-14-5-6-19-35-34;/h1-11,13-19,26H;/q-3;. The van der Waals surface area contributed by atoms with E-state index in [4.69, 9.17) is 4.74 Å². The molecule has 0 saturated heterocycles. The Morgan fingerprint density at radius 2 is 1.55 bits per heavy atom. The Bertz CT molecular complexity index is 1920. The zero-order valence-corrected chi connectivity index (χ0v) is 22.4. The molecular weight excluding hydrogens is 647 g/mol. The molecule has 8 rings (SSSR count). The summed E-state index contributed by atoms with van der Waals surface area (Å²) in [6.07, 6.45) is 9.48. The van der Waals surface area contributed by atoms with Crippen molar-refractivity contribution >= 4 is 27.4 Å². The number of hydrogen-bond acceptors (Lipinski definition) is 2. The summed E-state index contributed by atoms with van der Waals surface area (Å²) >= 11 is 0. The number of pyridine rings is 1. The van der Waals surface area contributed by atoms with Crippen molar-refractivity contribution in [3.8, 4) is 28.4 Å². The molecule has 2 heterocycles. The Morgan fingerprint density at radius 1 is 0.737 bits per heavy atom. The van der Waals surface area contributed by atoms with Crippen molar-refractivity contribution < 1.29 is 25.8 Å². The molecule has 2 aliphatic carbocycles. The van der Waals surface area contributed by atoms with Gasteiger partial charge >= 0.3 is 0 Å². The Balaban J connectivity index is 0.00000242. The van der Waals surface area contributed by atoms with Crippen LogP contribution in [0.25, 0.3) is 44.3 Å². The van der Waals surface area contributed by atoms with E-state index in [1.807, 2.05) is 42.6 Å². The van der Waals surface area contributed by atoms with Crippen LogP contribution in [0.2, 0.25) is 0 Å². The molecule has 0 saturated carbocycles. The molecule has 0 N–H and O–H groups in total. The van der Waals surface area contributed by atoms with E-state index in [9.17, 15) is 0 Å². The third-order valence-electron chi connectivity index (χ3n) is 7.27. The fourth-order valence-corrected chi connectivity index (χ4v) is 5.67. The summed E-state index contributed by atoms with van der Waals surface area (Å²) < 4.78 is 8.51. The van der Waals surface area contributed by atoms with Crippen LogP contribution >= 0.6 is 0 Å². The second kappa shape index (κ2) is 8.97. The number of nitrogens with zero attached hydrogens (tertiary/aromatic N) is 2. The van der Waals surface area contributed by atoms with E-state index in [0.717, 1.165) is 38.8 Å². The van der Waals surface area contributed by atoms with Crippen molar-refractivity contribution in [2.75, 3.05) is 0 Å². The minimum Gasteiger partial charge on any atom is -0.504 e. The fraction of sp³-hybridized carbons (Fsp3) is 0.0294. The molecular formula is C34H19N2OPt-3. The maximum absolute atomic E-state index is 6.37. The number of benzene rings is 4. The van der Waals surface area contributed by atoms with E-state index in [1.165, 1.54) is 16.7 Å². The quantitative estimate of drug-likeness (QED) is 0.179. The van der Waals surface area contributed by atoms with Crippen LogP contribution in [0.5, 0.6) is 11.5 Å². The molecule has 3 nitrogen and oxygen atoms in total. The number of para-hydroxylation sites is 1. The Labute approximate surface area is 235 Å². The number of ether oxygens (including phenoxy) is 1. The average Bonchev–Trinajstić information content (AvgIpc) is 3.57. The summed E-state index contributed by atoms with van der Waals surface area (Å²) in [4.78, 5) is 4.61. The van der Waals surface area contributed by atoms with Gasteiger partial charge in [0.15, 0.2) is 0 Å². The third kappa shape index (κ3) is 3.43. The minimum atomic E-state index is 0. The molecule has 4 aromatic carbocycles.